The molecule has 0 aliphatic heterocycles. The molecule has 0 radical (unpaired) electrons. The number of anilines is 2. The minimum Gasteiger partial charge on any atom is -0.487 e. The van der Waals surface area contributed by atoms with Crippen molar-refractivity contribution in [2.24, 2.45) is 0 Å². The van der Waals surface area contributed by atoms with Crippen LogP contribution in [0.4, 0.5) is 15.9 Å². The molecule has 5 rings (SSSR count). The maximum atomic E-state index is 14.2. The molecule has 0 saturated heterocycles. The molecule has 2 heterocycles. The number of ether oxygens (including phenoxy) is 1. The van der Waals surface area contributed by atoms with Crippen molar-refractivity contribution < 1.29 is 38.4 Å². The van der Waals surface area contributed by atoms with Gasteiger partial charge in [0.1, 0.15) is 51.6 Å². The fraction of sp³-hybridized carbons (Fsp3) is 0.172. The second-order valence-electron chi connectivity index (χ2n) is 8.10. The minimum absolute atomic E-state index is 0.00601. The number of nitrogens with one attached hydrogen (secondary N) is 2. The SMILES string of the molecule is [2H]c1cc(F)c([2H])c(C([2H])([2H])Oc2c([2H])c([2H])c(Nc3ncnc4ccc(-c5ccc(C([2H])([2H])NC([2H])([2H])CS(C)(=O)=O)o5)cc34)c([2H])c2Cl)c1[2H]. The molecule has 0 fully saturated rings. The molecule has 0 atom stereocenters. The fourth-order valence-corrected chi connectivity index (χ4v) is 3.79. The van der Waals surface area contributed by atoms with Crippen LogP contribution in [0.2, 0.25) is 5.02 Å². The van der Waals surface area contributed by atoms with E-state index in [1.807, 2.05) is 5.32 Å². The average molecular weight is 593 g/mol. The lowest BCUT2D eigenvalue weighted by Crippen LogP contribution is -2.21. The van der Waals surface area contributed by atoms with Gasteiger partial charge in [-0.25, -0.2) is 22.8 Å². The van der Waals surface area contributed by atoms with E-state index in [9.17, 15) is 12.8 Å². The maximum absolute atomic E-state index is 14.2. The molecule has 0 aliphatic carbocycles. The van der Waals surface area contributed by atoms with Crippen LogP contribution in [0.15, 0.2) is 83.4 Å². The summed E-state index contributed by atoms with van der Waals surface area (Å²) >= 11 is 6.35. The molecule has 8 nitrogen and oxygen atoms in total. The first kappa shape index (κ1) is 16.3. The van der Waals surface area contributed by atoms with E-state index in [0.29, 0.717) is 17.1 Å². The van der Waals surface area contributed by atoms with Crippen LogP contribution in [0, 0.1) is 5.82 Å². The van der Waals surface area contributed by atoms with Crippen molar-refractivity contribution in [3.05, 3.63) is 101 Å². The number of halogens is 2. The number of furan rings is 1. The van der Waals surface area contributed by atoms with E-state index < -0.39 is 93.6 Å². The predicted molar refractivity (Wildman–Crippen MR) is 154 cm³/mol. The van der Waals surface area contributed by atoms with E-state index in [-0.39, 0.29) is 28.4 Å². The van der Waals surface area contributed by atoms with Gasteiger partial charge in [-0.15, -0.1) is 0 Å². The summed E-state index contributed by atoms with van der Waals surface area (Å²) in [4.78, 5) is 8.37. The zero-order valence-corrected chi connectivity index (χ0v) is 22.0. The molecule has 2 N–H and O–H groups in total. The van der Waals surface area contributed by atoms with Gasteiger partial charge in [0.15, 0.2) is 0 Å². The van der Waals surface area contributed by atoms with Crippen molar-refractivity contribution in [1.29, 1.82) is 0 Å². The van der Waals surface area contributed by atoms with Crippen molar-refractivity contribution >= 4 is 43.8 Å². The second-order valence-corrected chi connectivity index (χ2v) is 10.6. The summed E-state index contributed by atoms with van der Waals surface area (Å²) in [5, 5.41) is 4.42. The highest BCUT2D eigenvalue weighted by atomic mass is 35.5. The van der Waals surface area contributed by atoms with E-state index in [1.165, 1.54) is 24.5 Å². The lowest BCUT2D eigenvalue weighted by Gasteiger charge is -2.12. The highest BCUT2D eigenvalue weighted by Crippen LogP contribution is 2.32. The van der Waals surface area contributed by atoms with Crippen LogP contribution < -0.4 is 15.4 Å². The summed E-state index contributed by atoms with van der Waals surface area (Å²) in [6.07, 6.45) is 1.98. The number of benzene rings is 3. The molecule has 0 spiro atoms. The van der Waals surface area contributed by atoms with Crippen LogP contribution >= 0.6 is 11.6 Å². The average Bonchev–Trinajstić information content (AvgIpc) is 3.53. The fourth-order valence-electron chi connectivity index (χ4n) is 3.28. The molecule has 206 valence electrons. The summed E-state index contributed by atoms with van der Waals surface area (Å²) < 4.78 is 147. The van der Waals surface area contributed by atoms with Crippen molar-refractivity contribution in [1.82, 2.24) is 15.3 Å². The number of hydrogen-bond acceptors (Lipinski definition) is 8. The van der Waals surface area contributed by atoms with Gasteiger partial charge >= 0.3 is 0 Å². The molecule has 2 aromatic heterocycles. The molecule has 5 aromatic rings. The molecular formula is C29H26ClFN4O4S. The summed E-state index contributed by atoms with van der Waals surface area (Å²) in [7, 11) is -3.80. The summed E-state index contributed by atoms with van der Waals surface area (Å²) in [5.74, 6) is -3.35. The van der Waals surface area contributed by atoms with Crippen LogP contribution in [0.3, 0.4) is 0 Å². The van der Waals surface area contributed by atoms with Gasteiger partial charge in [-0.05, 0) is 66.1 Å². The van der Waals surface area contributed by atoms with Gasteiger partial charge in [0.2, 0.25) is 0 Å². The smallest absolute Gasteiger partial charge is 0.148 e. The molecule has 0 aliphatic rings. The molecule has 40 heavy (non-hydrogen) atoms. The van der Waals surface area contributed by atoms with Gasteiger partial charge in [-0.3, -0.25) is 0 Å². The predicted octanol–water partition coefficient (Wildman–Crippen LogP) is 6.14. The third-order valence-corrected chi connectivity index (χ3v) is 5.94. The first-order chi connectivity index (χ1) is 23.9. The number of sulfone groups is 1. The number of fused-ring (bicyclic) bond motifs is 1. The Kier molecular flexibility index (Phi) is 4.91. The number of rotatable bonds is 11. The third kappa shape index (κ3) is 7.15. The van der Waals surface area contributed by atoms with Crippen molar-refractivity contribution in [2.45, 2.75) is 13.1 Å². The Hall–Kier alpha value is -3.99. The second kappa shape index (κ2) is 12.0. The molecule has 11 heteroatoms. The quantitative estimate of drug-likeness (QED) is 0.188. The topological polar surface area (TPSA) is 106 Å². The third-order valence-electron chi connectivity index (χ3n) is 5.01. The summed E-state index contributed by atoms with van der Waals surface area (Å²) in [6.45, 7) is -8.46. The normalized spacial score (nSPS) is 17.0. The highest BCUT2D eigenvalue weighted by Gasteiger charge is 2.11. The number of nitrogens with zero attached hydrogens (tertiary/aromatic N) is 2. The van der Waals surface area contributed by atoms with Gasteiger partial charge in [-0.2, -0.15) is 0 Å². The maximum Gasteiger partial charge on any atom is 0.148 e. The Morgan fingerprint density at radius 3 is 2.88 bits per heavy atom. The van der Waals surface area contributed by atoms with Crippen molar-refractivity contribution in [2.75, 3.05) is 23.8 Å². The molecule has 0 unspecified atom stereocenters. The zero-order chi connectivity index (χ0) is 38.7. The van der Waals surface area contributed by atoms with Crippen LogP contribution in [0.1, 0.15) is 27.8 Å². The van der Waals surface area contributed by atoms with Gasteiger partial charge in [0.05, 0.1) is 36.5 Å². The first-order valence-corrected chi connectivity index (χ1v) is 13.7. The molecule has 0 bridgehead atoms. The van der Waals surface area contributed by atoms with Gasteiger partial charge < -0.3 is 19.8 Å². The molecular weight excluding hydrogens is 555 g/mol. The van der Waals surface area contributed by atoms with E-state index in [2.05, 4.69) is 15.3 Å². The van der Waals surface area contributed by atoms with Gasteiger partial charge in [0, 0.05) is 32.1 Å². The lowest BCUT2D eigenvalue weighted by molar-refractivity contribution is 0.306. The zero-order valence-electron chi connectivity index (χ0n) is 32.4. The monoisotopic (exact) mass is 592 g/mol. The summed E-state index contributed by atoms with van der Waals surface area (Å²) in [5.41, 5.74) is -0.619. The number of aromatic nitrogens is 2. The number of hydrogen-bond donors (Lipinski definition) is 2. The van der Waals surface area contributed by atoms with E-state index >= 15 is 0 Å². The lowest BCUT2D eigenvalue weighted by atomic mass is 10.1. The molecule has 3 aromatic carbocycles. The molecule has 0 amide bonds. The Balaban J connectivity index is 1.49. The first-order valence-electron chi connectivity index (χ1n) is 17.3. The van der Waals surface area contributed by atoms with Crippen LogP contribution in [0.25, 0.3) is 22.2 Å². The van der Waals surface area contributed by atoms with E-state index in [0.717, 1.165) is 6.26 Å². The van der Waals surface area contributed by atoms with Gasteiger partial charge in [0.25, 0.3) is 0 Å². The highest BCUT2D eigenvalue weighted by molar-refractivity contribution is 7.90. The van der Waals surface area contributed by atoms with Crippen LogP contribution in [-0.2, 0) is 22.9 Å². The Labute approximate surface area is 253 Å². The summed E-state index contributed by atoms with van der Waals surface area (Å²) in [6, 6.07) is 3.04. The van der Waals surface area contributed by atoms with Gasteiger partial charge in [-0.1, -0.05) is 23.7 Å². The Morgan fingerprint density at radius 2 is 2.02 bits per heavy atom. The van der Waals surface area contributed by atoms with Crippen LogP contribution in [0.5, 0.6) is 5.75 Å². The van der Waals surface area contributed by atoms with E-state index in [1.54, 1.807) is 12.1 Å². The Morgan fingerprint density at radius 1 is 1.15 bits per heavy atom. The van der Waals surface area contributed by atoms with E-state index in [4.69, 9.17) is 37.2 Å². The Bertz CT molecular complexity index is 2290. The largest absolute Gasteiger partial charge is 0.487 e. The molecule has 0 saturated carbocycles. The standard InChI is InChI=1S/C29H26ClFN4O4S/c1-40(36,37)12-11-32-16-23-7-10-27(39-23)20-5-8-26-24(14-20)29(34-18-33-26)35-22-6-9-28(25(30)15-22)38-17-19-3-2-4-21(31)13-19/h2-10,13-15,18,32H,11-12,16-17H2,1H3,(H,33,34,35)/i2D,3D,6D,9D,11D2,13D,15D,16D2,17D2. The minimum atomic E-state index is -3.80. The van der Waals surface area contributed by atoms with Crippen molar-refractivity contribution in [3.8, 4) is 17.1 Å². The van der Waals surface area contributed by atoms with Crippen molar-refractivity contribution in [3.63, 3.8) is 0 Å². The van der Waals surface area contributed by atoms with Crippen LogP contribution in [-0.4, -0.2) is 36.9 Å².